The Morgan fingerprint density at radius 1 is 0.794 bits per heavy atom. The SMILES string of the molecule is Cc1cc2c(cc1C)C(=O)C(=Cc1cc3oc(-c4ccccc4)nc3n1-c1ccccc1)C2=O. The minimum absolute atomic E-state index is 0.153. The first kappa shape index (κ1) is 20.1. The topological polar surface area (TPSA) is 65.1 Å². The largest absolute Gasteiger partial charge is 0.434 e. The first-order valence-electron chi connectivity index (χ1n) is 11.1. The van der Waals surface area contributed by atoms with Gasteiger partial charge in [-0.1, -0.05) is 36.4 Å². The Labute approximate surface area is 196 Å². The summed E-state index contributed by atoms with van der Waals surface area (Å²) in [5.41, 5.74) is 6.66. The van der Waals surface area contributed by atoms with Gasteiger partial charge in [-0.15, -0.1) is 0 Å². The maximum atomic E-state index is 13.2. The number of oxazole rings is 1. The van der Waals surface area contributed by atoms with E-state index in [1.165, 1.54) is 0 Å². The number of rotatable bonds is 3. The van der Waals surface area contributed by atoms with Crippen molar-refractivity contribution in [3.8, 4) is 17.1 Å². The van der Waals surface area contributed by atoms with Crippen molar-refractivity contribution in [3.63, 3.8) is 0 Å². The van der Waals surface area contributed by atoms with Crippen LogP contribution in [0.3, 0.4) is 0 Å². The number of carbonyl (C=O) groups excluding carboxylic acids is 2. The number of Topliss-reactive ketones (excluding diaryl/α,β-unsaturated/α-hetero) is 2. The molecule has 0 spiro atoms. The Morgan fingerprint density at radius 3 is 2.00 bits per heavy atom. The summed E-state index contributed by atoms with van der Waals surface area (Å²) in [5, 5.41) is 0. The third-order valence-electron chi connectivity index (χ3n) is 6.32. The number of carbonyl (C=O) groups is 2. The zero-order chi connectivity index (χ0) is 23.4. The number of benzene rings is 3. The van der Waals surface area contributed by atoms with Crippen LogP contribution < -0.4 is 0 Å². The van der Waals surface area contributed by atoms with Gasteiger partial charge in [-0.05, 0) is 67.4 Å². The van der Waals surface area contributed by atoms with Crippen molar-refractivity contribution in [1.82, 2.24) is 9.55 Å². The fraction of sp³-hybridized carbons (Fsp3) is 0.0690. The van der Waals surface area contributed by atoms with Gasteiger partial charge in [0, 0.05) is 28.4 Å². The number of aromatic nitrogens is 2. The number of ketones is 2. The Bertz CT molecular complexity index is 1590. The normalized spacial score (nSPS) is 13.1. The predicted molar refractivity (Wildman–Crippen MR) is 131 cm³/mol. The van der Waals surface area contributed by atoms with Crippen molar-refractivity contribution in [2.24, 2.45) is 0 Å². The fourth-order valence-electron chi connectivity index (χ4n) is 4.42. The van der Waals surface area contributed by atoms with Crippen LogP contribution in [-0.2, 0) is 0 Å². The fourth-order valence-corrected chi connectivity index (χ4v) is 4.42. The molecule has 5 nitrogen and oxygen atoms in total. The van der Waals surface area contributed by atoms with Crippen molar-refractivity contribution in [2.45, 2.75) is 13.8 Å². The van der Waals surface area contributed by atoms with E-state index in [0.717, 1.165) is 22.4 Å². The Hall–Kier alpha value is -4.51. The quantitative estimate of drug-likeness (QED) is 0.240. The summed E-state index contributed by atoms with van der Waals surface area (Å²) in [6.45, 7) is 3.89. The molecule has 2 aromatic heterocycles. The van der Waals surface area contributed by atoms with Gasteiger partial charge in [0.05, 0.1) is 11.3 Å². The molecule has 0 fully saturated rings. The van der Waals surface area contributed by atoms with Crippen molar-refractivity contribution in [3.05, 3.63) is 112 Å². The van der Waals surface area contributed by atoms with Crippen molar-refractivity contribution >= 4 is 28.9 Å². The molecule has 34 heavy (non-hydrogen) atoms. The number of aryl methyl sites for hydroxylation is 2. The molecule has 164 valence electrons. The van der Waals surface area contributed by atoms with Crippen molar-refractivity contribution in [2.75, 3.05) is 0 Å². The van der Waals surface area contributed by atoms with E-state index in [9.17, 15) is 9.59 Å². The lowest BCUT2D eigenvalue weighted by atomic mass is 10.0. The van der Waals surface area contributed by atoms with Crippen LogP contribution in [0, 0.1) is 13.8 Å². The molecular weight excluding hydrogens is 424 g/mol. The van der Waals surface area contributed by atoms with Crippen LogP contribution in [0.2, 0.25) is 0 Å². The summed E-state index contributed by atoms with van der Waals surface area (Å²) in [5.74, 6) is 0.0118. The maximum Gasteiger partial charge on any atom is 0.228 e. The summed E-state index contributed by atoms with van der Waals surface area (Å²) in [4.78, 5) is 31.1. The van der Waals surface area contributed by atoms with E-state index in [1.807, 2.05) is 97.3 Å². The Kier molecular flexibility index (Phi) is 4.45. The van der Waals surface area contributed by atoms with Gasteiger partial charge in [0.2, 0.25) is 5.89 Å². The number of hydrogen-bond acceptors (Lipinski definition) is 4. The van der Waals surface area contributed by atoms with Gasteiger partial charge >= 0.3 is 0 Å². The summed E-state index contributed by atoms with van der Waals surface area (Å²) in [7, 11) is 0. The molecule has 6 rings (SSSR count). The van der Waals surface area contributed by atoms with Gasteiger partial charge in [-0.3, -0.25) is 14.2 Å². The first-order chi connectivity index (χ1) is 16.5. The number of fused-ring (bicyclic) bond motifs is 2. The highest BCUT2D eigenvalue weighted by Gasteiger charge is 2.34. The van der Waals surface area contributed by atoms with Crippen LogP contribution in [0.4, 0.5) is 0 Å². The van der Waals surface area contributed by atoms with Crippen LogP contribution >= 0.6 is 0 Å². The molecule has 0 radical (unpaired) electrons. The zero-order valence-electron chi connectivity index (χ0n) is 18.7. The minimum atomic E-state index is -0.251. The minimum Gasteiger partial charge on any atom is -0.434 e. The molecule has 0 amide bonds. The van der Waals surface area contributed by atoms with Crippen molar-refractivity contribution < 1.29 is 14.0 Å². The second kappa shape index (κ2) is 7.52. The molecular formula is C29H20N2O3. The van der Waals surface area contributed by atoms with Gasteiger partial charge < -0.3 is 4.42 Å². The standard InChI is InChI=1S/C29H20N2O3/c1-17-13-22-23(14-18(17)2)27(33)24(26(22)32)15-21-16-25-28(31(21)20-11-7-4-8-12-20)30-29(34-25)19-9-5-3-6-10-19/h3-16H,1-2H3. The zero-order valence-corrected chi connectivity index (χ0v) is 18.7. The van der Waals surface area contributed by atoms with E-state index >= 15 is 0 Å². The lowest BCUT2D eigenvalue weighted by Crippen LogP contribution is -2.03. The third-order valence-corrected chi connectivity index (χ3v) is 6.32. The molecule has 0 saturated heterocycles. The molecule has 0 saturated carbocycles. The summed E-state index contributed by atoms with van der Waals surface area (Å²) >= 11 is 0. The van der Waals surface area contributed by atoms with Crippen LogP contribution in [0.15, 0.2) is 88.9 Å². The summed E-state index contributed by atoms with van der Waals surface area (Å²) in [6, 6.07) is 24.9. The van der Waals surface area contributed by atoms with Gasteiger partial charge in [-0.25, -0.2) is 0 Å². The summed E-state index contributed by atoms with van der Waals surface area (Å²) in [6.07, 6.45) is 1.65. The molecule has 0 aliphatic heterocycles. The monoisotopic (exact) mass is 444 g/mol. The molecule has 0 unspecified atom stereocenters. The van der Waals surface area contributed by atoms with E-state index in [-0.39, 0.29) is 17.1 Å². The second-order valence-electron chi connectivity index (χ2n) is 8.51. The molecule has 3 aromatic carbocycles. The molecule has 0 N–H and O–H groups in total. The third kappa shape index (κ3) is 3.05. The molecule has 0 atom stereocenters. The number of nitrogens with zero attached hydrogens (tertiary/aromatic N) is 2. The van der Waals surface area contributed by atoms with Crippen LogP contribution in [-0.4, -0.2) is 21.1 Å². The van der Waals surface area contributed by atoms with E-state index in [1.54, 1.807) is 6.08 Å². The van der Waals surface area contributed by atoms with Gasteiger partial charge in [0.25, 0.3) is 0 Å². The van der Waals surface area contributed by atoms with Gasteiger partial charge in [0.1, 0.15) is 0 Å². The Morgan fingerprint density at radius 2 is 1.38 bits per heavy atom. The average molecular weight is 444 g/mol. The number of allylic oxidation sites excluding steroid dienone is 1. The number of hydrogen-bond donors (Lipinski definition) is 0. The molecule has 2 heterocycles. The van der Waals surface area contributed by atoms with Gasteiger partial charge in [0.15, 0.2) is 22.8 Å². The highest BCUT2D eigenvalue weighted by Crippen LogP contribution is 2.34. The lowest BCUT2D eigenvalue weighted by Gasteiger charge is -2.07. The van der Waals surface area contributed by atoms with E-state index in [0.29, 0.717) is 33.9 Å². The maximum absolute atomic E-state index is 13.2. The molecule has 1 aliphatic rings. The smallest absolute Gasteiger partial charge is 0.228 e. The summed E-state index contributed by atoms with van der Waals surface area (Å²) < 4.78 is 7.99. The van der Waals surface area contributed by atoms with Crippen LogP contribution in [0.5, 0.6) is 0 Å². The molecule has 5 aromatic rings. The lowest BCUT2D eigenvalue weighted by molar-refractivity contribution is 0.0990. The second-order valence-corrected chi connectivity index (χ2v) is 8.51. The van der Waals surface area contributed by atoms with Gasteiger partial charge in [-0.2, -0.15) is 4.98 Å². The average Bonchev–Trinajstić information content (AvgIpc) is 3.47. The van der Waals surface area contributed by atoms with Crippen LogP contribution in [0.25, 0.3) is 34.4 Å². The molecule has 1 aliphatic carbocycles. The molecule has 5 heteroatoms. The van der Waals surface area contributed by atoms with E-state index < -0.39 is 0 Å². The predicted octanol–water partition coefficient (Wildman–Crippen LogP) is 6.36. The van der Waals surface area contributed by atoms with Crippen LogP contribution in [0.1, 0.15) is 37.5 Å². The van der Waals surface area contributed by atoms with Crippen molar-refractivity contribution in [1.29, 1.82) is 0 Å². The number of para-hydroxylation sites is 1. The highest BCUT2D eigenvalue weighted by molar-refractivity contribution is 6.41. The first-order valence-corrected chi connectivity index (χ1v) is 11.1. The Balaban J connectivity index is 1.54. The highest BCUT2D eigenvalue weighted by atomic mass is 16.3. The van der Waals surface area contributed by atoms with E-state index in [4.69, 9.17) is 9.40 Å². The molecule has 0 bridgehead atoms. The van der Waals surface area contributed by atoms with E-state index in [2.05, 4.69) is 0 Å².